The van der Waals surface area contributed by atoms with Crippen molar-refractivity contribution in [3.05, 3.63) is 59.7 Å². The quantitative estimate of drug-likeness (QED) is 0.415. The number of carbonyl (C=O) groups is 3. The van der Waals surface area contributed by atoms with Crippen LogP contribution in [-0.4, -0.2) is 30.9 Å². The lowest BCUT2D eigenvalue weighted by Crippen LogP contribution is -2.21. The summed E-state index contributed by atoms with van der Waals surface area (Å²) in [7, 11) is 0. The Labute approximate surface area is 158 Å². The molecule has 0 radical (unpaired) electrons. The number of Topliss-reactive ketones (excluding diaryl/α,β-unsaturated/α-hetero) is 1. The zero-order valence-electron chi connectivity index (χ0n) is 15.5. The fourth-order valence-corrected chi connectivity index (χ4v) is 2.34. The number of hydrogen-bond acceptors (Lipinski definition) is 5. The third-order valence-electron chi connectivity index (χ3n) is 3.70. The molecule has 0 fully saturated rings. The summed E-state index contributed by atoms with van der Waals surface area (Å²) in [6.45, 7) is 3.45. The number of amides is 1. The minimum absolute atomic E-state index is 0.0922. The van der Waals surface area contributed by atoms with E-state index in [2.05, 4.69) is 5.32 Å². The standard InChI is InChI=1S/C21H23NO5/c1-15-6-3-9-19(12-15)26-11-5-10-21(25)27-14-20(24)22-18-8-4-7-17(13-18)16(2)23/h3-4,6-9,12-13H,5,10-11,14H2,1-2H3,(H,22,24). The van der Waals surface area contributed by atoms with Gasteiger partial charge in [-0.2, -0.15) is 0 Å². The molecule has 1 N–H and O–H groups in total. The van der Waals surface area contributed by atoms with Gasteiger partial charge in [-0.15, -0.1) is 0 Å². The highest BCUT2D eigenvalue weighted by molar-refractivity contribution is 5.97. The van der Waals surface area contributed by atoms with Crippen molar-refractivity contribution in [1.29, 1.82) is 0 Å². The van der Waals surface area contributed by atoms with Crippen molar-refractivity contribution < 1.29 is 23.9 Å². The van der Waals surface area contributed by atoms with Gasteiger partial charge in [0.1, 0.15) is 5.75 Å². The van der Waals surface area contributed by atoms with E-state index in [0.29, 0.717) is 24.3 Å². The van der Waals surface area contributed by atoms with E-state index in [0.717, 1.165) is 11.3 Å². The van der Waals surface area contributed by atoms with Gasteiger partial charge in [-0.25, -0.2) is 0 Å². The molecule has 27 heavy (non-hydrogen) atoms. The number of carbonyl (C=O) groups excluding carboxylic acids is 3. The first-order chi connectivity index (χ1) is 12.9. The monoisotopic (exact) mass is 369 g/mol. The predicted molar refractivity (Wildman–Crippen MR) is 102 cm³/mol. The normalized spacial score (nSPS) is 10.1. The van der Waals surface area contributed by atoms with E-state index in [1.54, 1.807) is 24.3 Å². The van der Waals surface area contributed by atoms with Crippen LogP contribution in [0.4, 0.5) is 5.69 Å². The number of anilines is 1. The number of esters is 1. The number of nitrogens with one attached hydrogen (secondary N) is 1. The second kappa shape index (κ2) is 10.1. The zero-order valence-corrected chi connectivity index (χ0v) is 15.5. The lowest BCUT2D eigenvalue weighted by atomic mass is 10.1. The third kappa shape index (κ3) is 7.32. The van der Waals surface area contributed by atoms with Crippen molar-refractivity contribution in [3.8, 4) is 5.75 Å². The average Bonchev–Trinajstić information content (AvgIpc) is 2.64. The van der Waals surface area contributed by atoms with E-state index in [9.17, 15) is 14.4 Å². The molecule has 142 valence electrons. The molecule has 0 spiro atoms. The van der Waals surface area contributed by atoms with Crippen LogP contribution in [0.1, 0.15) is 35.7 Å². The van der Waals surface area contributed by atoms with E-state index < -0.39 is 11.9 Å². The Bertz CT molecular complexity index is 816. The number of hydrogen-bond donors (Lipinski definition) is 1. The van der Waals surface area contributed by atoms with Crippen molar-refractivity contribution in [2.45, 2.75) is 26.7 Å². The van der Waals surface area contributed by atoms with Gasteiger partial charge >= 0.3 is 5.97 Å². The molecule has 6 nitrogen and oxygen atoms in total. The summed E-state index contributed by atoms with van der Waals surface area (Å²) in [6, 6.07) is 14.2. The van der Waals surface area contributed by atoms with Gasteiger partial charge < -0.3 is 14.8 Å². The first-order valence-electron chi connectivity index (χ1n) is 8.70. The van der Waals surface area contributed by atoms with E-state index >= 15 is 0 Å². The molecular weight excluding hydrogens is 346 g/mol. The van der Waals surface area contributed by atoms with Gasteiger partial charge in [0.2, 0.25) is 0 Å². The summed E-state index contributed by atoms with van der Waals surface area (Å²) in [5, 5.41) is 2.59. The number of ether oxygens (including phenoxy) is 2. The molecular formula is C21H23NO5. The second-order valence-electron chi connectivity index (χ2n) is 6.11. The molecule has 2 rings (SSSR count). The average molecular weight is 369 g/mol. The molecule has 2 aromatic rings. The molecule has 0 saturated heterocycles. The van der Waals surface area contributed by atoms with Gasteiger partial charge in [0.15, 0.2) is 12.4 Å². The fraction of sp³-hybridized carbons (Fsp3) is 0.286. The molecule has 2 aromatic carbocycles. The van der Waals surface area contributed by atoms with E-state index in [4.69, 9.17) is 9.47 Å². The minimum atomic E-state index is -0.463. The summed E-state index contributed by atoms with van der Waals surface area (Å²) >= 11 is 0. The Morgan fingerprint density at radius 2 is 1.81 bits per heavy atom. The van der Waals surface area contributed by atoms with Crippen LogP contribution in [-0.2, 0) is 14.3 Å². The Morgan fingerprint density at radius 1 is 1.04 bits per heavy atom. The van der Waals surface area contributed by atoms with E-state index in [1.807, 2.05) is 31.2 Å². The fourth-order valence-electron chi connectivity index (χ4n) is 2.34. The number of rotatable bonds is 9. The number of aryl methyl sites for hydroxylation is 1. The molecule has 0 aliphatic carbocycles. The van der Waals surface area contributed by atoms with Crippen LogP contribution in [0.3, 0.4) is 0 Å². The number of benzene rings is 2. The predicted octanol–water partition coefficient (Wildman–Crippen LogP) is 3.54. The molecule has 0 atom stereocenters. The largest absolute Gasteiger partial charge is 0.494 e. The van der Waals surface area contributed by atoms with Crippen molar-refractivity contribution >= 4 is 23.3 Å². The summed E-state index contributed by atoms with van der Waals surface area (Å²) in [6.07, 6.45) is 0.661. The summed E-state index contributed by atoms with van der Waals surface area (Å²) in [5.74, 6) is -0.253. The highest BCUT2D eigenvalue weighted by Crippen LogP contribution is 2.13. The Balaban J connectivity index is 1.65. The van der Waals surface area contributed by atoms with Gasteiger partial charge in [0.25, 0.3) is 5.91 Å². The molecule has 0 unspecified atom stereocenters. The van der Waals surface area contributed by atoms with Gasteiger partial charge in [-0.1, -0.05) is 24.3 Å². The van der Waals surface area contributed by atoms with Gasteiger partial charge in [-0.3, -0.25) is 14.4 Å². The topological polar surface area (TPSA) is 81.7 Å². The highest BCUT2D eigenvalue weighted by atomic mass is 16.5. The first-order valence-corrected chi connectivity index (χ1v) is 8.70. The van der Waals surface area contributed by atoms with Crippen molar-refractivity contribution in [2.75, 3.05) is 18.5 Å². The molecule has 0 saturated carbocycles. The van der Waals surface area contributed by atoms with Crippen LogP contribution in [0.15, 0.2) is 48.5 Å². The summed E-state index contributed by atoms with van der Waals surface area (Å²) in [5.41, 5.74) is 2.08. The Hall–Kier alpha value is -3.15. The van der Waals surface area contributed by atoms with Crippen LogP contribution in [0, 0.1) is 6.92 Å². The van der Waals surface area contributed by atoms with Gasteiger partial charge in [-0.05, 0) is 50.1 Å². The molecule has 1 amide bonds. The van der Waals surface area contributed by atoms with E-state index in [1.165, 1.54) is 6.92 Å². The minimum Gasteiger partial charge on any atom is -0.494 e. The van der Waals surface area contributed by atoms with Gasteiger partial charge in [0, 0.05) is 17.7 Å². The van der Waals surface area contributed by atoms with Crippen molar-refractivity contribution in [3.63, 3.8) is 0 Å². The molecule has 0 aliphatic heterocycles. The zero-order chi connectivity index (χ0) is 19.6. The third-order valence-corrected chi connectivity index (χ3v) is 3.70. The van der Waals surface area contributed by atoms with Crippen molar-refractivity contribution in [2.24, 2.45) is 0 Å². The molecule has 0 aliphatic rings. The van der Waals surface area contributed by atoms with Crippen LogP contribution in [0.25, 0.3) is 0 Å². The van der Waals surface area contributed by atoms with Crippen molar-refractivity contribution in [1.82, 2.24) is 0 Å². The Morgan fingerprint density at radius 3 is 2.56 bits per heavy atom. The summed E-state index contributed by atoms with van der Waals surface area (Å²) in [4.78, 5) is 34.9. The molecule has 0 heterocycles. The smallest absolute Gasteiger partial charge is 0.306 e. The highest BCUT2D eigenvalue weighted by Gasteiger charge is 2.09. The van der Waals surface area contributed by atoms with Crippen LogP contribution in [0.2, 0.25) is 0 Å². The molecule has 6 heteroatoms. The van der Waals surface area contributed by atoms with Gasteiger partial charge in [0.05, 0.1) is 6.61 Å². The molecule has 0 aromatic heterocycles. The second-order valence-corrected chi connectivity index (χ2v) is 6.11. The van der Waals surface area contributed by atoms with Crippen LogP contribution < -0.4 is 10.1 Å². The maximum absolute atomic E-state index is 11.8. The molecule has 0 bridgehead atoms. The maximum atomic E-state index is 11.8. The SMILES string of the molecule is CC(=O)c1cccc(NC(=O)COC(=O)CCCOc2cccc(C)c2)c1. The van der Waals surface area contributed by atoms with E-state index in [-0.39, 0.29) is 18.8 Å². The number of ketones is 1. The van der Waals surface area contributed by atoms with Crippen LogP contribution >= 0.6 is 0 Å². The Kier molecular flexibility index (Phi) is 7.55. The lowest BCUT2D eigenvalue weighted by molar-refractivity contribution is -0.147. The lowest BCUT2D eigenvalue weighted by Gasteiger charge is -2.08. The maximum Gasteiger partial charge on any atom is 0.306 e. The summed E-state index contributed by atoms with van der Waals surface area (Å²) < 4.78 is 10.5. The van der Waals surface area contributed by atoms with Crippen LogP contribution in [0.5, 0.6) is 5.75 Å². The first kappa shape index (κ1) is 20.2.